The summed E-state index contributed by atoms with van der Waals surface area (Å²) in [7, 11) is 3.24. The van der Waals surface area contributed by atoms with E-state index in [-0.39, 0.29) is 9.41 Å². The van der Waals surface area contributed by atoms with Crippen LogP contribution in [0.25, 0.3) is 0 Å². The molecule has 0 amide bonds. The van der Waals surface area contributed by atoms with Crippen LogP contribution in [0.3, 0.4) is 0 Å². The highest BCUT2D eigenvalue weighted by molar-refractivity contribution is 7.83. The number of rotatable bonds is 5. The molecule has 0 rings (SSSR count). The number of hydrogen-bond acceptors (Lipinski definition) is 4. The zero-order valence-corrected chi connectivity index (χ0v) is 14.1. The fraction of sp³-hybridized carbons (Fsp3) is 1.00. The van der Waals surface area contributed by atoms with Crippen molar-refractivity contribution in [3.05, 3.63) is 0 Å². The van der Waals surface area contributed by atoms with Crippen molar-refractivity contribution in [2.45, 2.75) is 30.2 Å². The van der Waals surface area contributed by atoms with Crippen LogP contribution in [0.4, 0.5) is 0 Å². The normalized spacial score (nSPS) is 18.2. The molecule has 0 aromatic heterocycles. The second-order valence-corrected chi connectivity index (χ2v) is 11.9. The minimum absolute atomic E-state index is 0.0960. The summed E-state index contributed by atoms with van der Waals surface area (Å²) < 4.78 is 16.4. The van der Waals surface area contributed by atoms with Crippen LogP contribution in [0.15, 0.2) is 0 Å². The predicted molar refractivity (Wildman–Crippen MR) is 68.2 cm³/mol. The third-order valence-electron chi connectivity index (χ3n) is 3.10. The number of hydrogen-bond donors (Lipinski definition) is 1. The average molecular weight is 254 g/mol. The van der Waals surface area contributed by atoms with Crippen molar-refractivity contribution in [3.63, 3.8) is 0 Å². The first-order valence-corrected chi connectivity index (χ1v) is 7.73. The van der Waals surface area contributed by atoms with Crippen molar-refractivity contribution in [1.82, 2.24) is 0 Å². The van der Waals surface area contributed by atoms with Gasteiger partial charge in [0.25, 0.3) is 0 Å². The molecule has 3 nitrogen and oxygen atoms in total. The minimum atomic E-state index is -2.62. The summed E-state index contributed by atoms with van der Waals surface area (Å²) in [5.41, 5.74) is 0. The SMILES string of the molecule is CO[Si](OC)(OC)C(C)(C)[C@@](C)([SiH3])S. The first-order chi connectivity index (χ1) is 6.18. The molecule has 6 heteroatoms. The molecule has 14 heavy (non-hydrogen) atoms. The maximum absolute atomic E-state index is 5.50. The molecular weight excluding hydrogens is 232 g/mol. The third kappa shape index (κ3) is 2.25. The Morgan fingerprint density at radius 2 is 1.29 bits per heavy atom. The Morgan fingerprint density at radius 1 is 1.00 bits per heavy atom. The van der Waals surface area contributed by atoms with E-state index in [1.165, 1.54) is 0 Å². The zero-order valence-electron chi connectivity index (χ0n) is 10.2. The van der Waals surface area contributed by atoms with Crippen molar-refractivity contribution >= 4 is 31.7 Å². The lowest BCUT2D eigenvalue weighted by atomic mass is 10.1. The quantitative estimate of drug-likeness (QED) is 0.577. The van der Waals surface area contributed by atoms with Gasteiger partial charge in [-0.3, -0.25) is 0 Å². The van der Waals surface area contributed by atoms with Crippen LogP contribution in [0.5, 0.6) is 0 Å². The van der Waals surface area contributed by atoms with Gasteiger partial charge in [-0.05, 0) is 0 Å². The minimum Gasteiger partial charge on any atom is -0.376 e. The topological polar surface area (TPSA) is 27.7 Å². The van der Waals surface area contributed by atoms with E-state index < -0.39 is 8.80 Å². The van der Waals surface area contributed by atoms with Gasteiger partial charge < -0.3 is 13.3 Å². The molecule has 0 aliphatic rings. The lowest BCUT2D eigenvalue weighted by Crippen LogP contribution is -2.59. The molecule has 0 aliphatic heterocycles. The molecule has 0 aromatic rings. The second kappa shape index (κ2) is 4.67. The van der Waals surface area contributed by atoms with Crippen LogP contribution in [0, 0.1) is 0 Å². The summed E-state index contributed by atoms with van der Waals surface area (Å²) in [5, 5.41) is -0.201. The molecule has 86 valence electrons. The van der Waals surface area contributed by atoms with Gasteiger partial charge >= 0.3 is 8.80 Å². The first kappa shape index (κ1) is 14.7. The molecule has 0 N–H and O–H groups in total. The summed E-state index contributed by atoms with van der Waals surface area (Å²) in [6.07, 6.45) is 0. The van der Waals surface area contributed by atoms with Crippen LogP contribution in [-0.2, 0) is 13.3 Å². The Bertz CT molecular complexity index is 179. The van der Waals surface area contributed by atoms with E-state index in [0.717, 1.165) is 10.2 Å². The smallest absolute Gasteiger partial charge is 0.376 e. The van der Waals surface area contributed by atoms with Crippen LogP contribution in [-0.4, -0.2) is 44.7 Å². The second-order valence-electron chi connectivity index (χ2n) is 4.35. The van der Waals surface area contributed by atoms with E-state index in [9.17, 15) is 0 Å². The molecule has 0 spiro atoms. The Morgan fingerprint density at radius 3 is 1.36 bits per heavy atom. The molecule has 0 saturated heterocycles. The number of thiol groups is 1. The van der Waals surface area contributed by atoms with Crippen LogP contribution in [0.1, 0.15) is 20.8 Å². The van der Waals surface area contributed by atoms with E-state index in [0.29, 0.717) is 0 Å². The lowest BCUT2D eigenvalue weighted by Gasteiger charge is -2.46. The molecule has 0 bridgehead atoms. The Balaban J connectivity index is 5.19. The van der Waals surface area contributed by atoms with Crippen molar-refractivity contribution in [2.75, 3.05) is 21.3 Å². The molecule has 0 aromatic carbocycles. The van der Waals surface area contributed by atoms with Gasteiger partial charge in [-0.1, -0.05) is 20.8 Å². The van der Waals surface area contributed by atoms with Gasteiger partial charge in [-0.15, -0.1) is 0 Å². The Kier molecular flexibility index (Phi) is 4.89. The molecule has 0 saturated carbocycles. The average Bonchev–Trinajstić information content (AvgIpc) is 2.06. The maximum atomic E-state index is 5.50. The van der Waals surface area contributed by atoms with Crippen LogP contribution in [0.2, 0.25) is 5.04 Å². The zero-order chi connectivity index (χ0) is 11.6. The summed E-state index contributed by atoms with van der Waals surface area (Å²) in [5.74, 6) is 0. The summed E-state index contributed by atoms with van der Waals surface area (Å²) >= 11 is 4.65. The molecule has 0 unspecified atom stereocenters. The van der Waals surface area contributed by atoms with E-state index in [1.807, 2.05) is 0 Å². The standard InChI is InChI=1S/C8H22O3SSi2/c1-7(2,8(3,12)13)14(9-4,10-5)11-6/h12H,1-6,13H3/t8-/m1/s1. The van der Waals surface area contributed by atoms with Crippen molar-refractivity contribution in [3.8, 4) is 0 Å². The van der Waals surface area contributed by atoms with Gasteiger partial charge in [0.05, 0.1) is 0 Å². The summed E-state index contributed by atoms with van der Waals surface area (Å²) in [6, 6.07) is 0. The highest BCUT2D eigenvalue weighted by Crippen LogP contribution is 2.49. The van der Waals surface area contributed by atoms with Crippen molar-refractivity contribution in [2.24, 2.45) is 0 Å². The molecule has 0 radical (unpaired) electrons. The van der Waals surface area contributed by atoms with Gasteiger partial charge in [-0.25, -0.2) is 0 Å². The Labute approximate surface area is 96.7 Å². The molecule has 0 heterocycles. The molecule has 0 fully saturated rings. The van der Waals surface area contributed by atoms with Gasteiger partial charge in [0.15, 0.2) is 0 Å². The fourth-order valence-electron chi connectivity index (χ4n) is 1.39. The van der Waals surface area contributed by atoms with Crippen LogP contribution >= 0.6 is 12.6 Å². The van der Waals surface area contributed by atoms with Gasteiger partial charge in [0.1, 0.15) is 0 Å². The van der Waals surface area contributed by atoms with E-state index in [2.05, 4.69) is 33.4 Å². The molecular formula is C8H22O3SSi2. The Hall–Kier alpha value is 0.664. The largest absolute Gasteiger partial charge is 0.507 e. The highest BCUT2D eigenvalue weighted by Gasteiger charge is 2.59. The predicted octanol–water partition coefficient (Wildman–Crippen LogP) is 0.656. The van der Waals surface area contributed by atoms with Gasteiger partial charge in [0, 0.05) is 41.0 Å². The monoisotopic (exact) mass is 254 g/mol. The van der Waals surface area contributed by atoms with Gasteiger partial charge in [-0.2, -0.15) is 12.6 Å². The first-order valence-electron chi connectivity index (χ1n) is 4.56. The lowest BCUT2D eigenvalue weighted by molar-refractivity contribution is 0.0932. The van der Waals surface area contributed by atoms with Gasteiger partial charge in [0.2, 0.25) is 0 Å². The third-order valence-corrected chi connectivity index (χ3v) is 9.39. The van der Waals surface area contributed by atoms with E-state index in [1.54, 1.807) is 21.3 Å². The molecule has 1 atom stereocenters. The fourth-order valence-corrected chi connectivity index (χ4v) is 5.50. The highest BCUT2D eigenvalue weighted by atomic mass is 32.1. The van der Waals surface area contributed by atoms with Crippen molar-refractivity contribution in [1.29, 1.82) is 0 Å². The summed E-state index contributed by atoms with van der Waals surface area (Å²) in [4.78, 5) is 0. The molecule has 0 aliphatic carbocycles. The van der Waals surface area contributed by atoms with E-state index >= 15 is 0 Å². The summed E-state index contributed by atoms with van der Waals surface area (Å²) in [6.45, 7) is 6.28. The maximum Gasteiger partial charge on any atom is 0.507 e. The van der Waals surface area contributed by atoms with Crippen LogP contribution < -0.4 is 0 Å². The van der Waals surface area contributed by atoms with E-state index in [4.69, 9.17) is 13.3 Å². The van der Waals surface area contributed by atoms with Crippen molar-refractivity contribution < 1.29 is 13.3 Å².